The molecule has 0 heterocycles. The van der Waals surface area contributed by atoms with E-state index in [1.54, 1.807) is 38.5 Å². The predicted molar refractivity (Wildman–Crippen MR) is 67.7 cm³/mol. The third kappa shape index (κ3) is 1.57. The quantitative estimate of drug-likeness (QED) is 0.568. The summed E-state index contributed by atoms with van der Waals surface area (Å²) in [5.74, 6) is 5.75. The van der Waals surface area contributed by atoms with Gasteiger partial charge in [-0.1, -0.05) is 51.2 Å². The number of hydrogen-bond donors (Lipinski definition) is 0. The molecular formula is C14H25B. The topological polar surface area (TPSA) is 0 Å². The molecule has 0 aromatic rings. The van der Waals surface area contributed by atoms with Crippen molar-refractivity contribution < 1.29 is 0 Å². The van der Waals surface area contributed by atoms with Crippen LogP contribution in [-0.4, -0.2) is 7.28 Å². The van der Waals surface area contributed by atoms with Crippen LogP contribution in [0.4, 0.5) is 0 Å². The maximum Gasteiger partial charge on any atom is 0.121 e. The molecule has 15 heavy (non-hydrogen) atoms. The van der Waals surface area contributed by atoms with E-state index in [2.05, 4.69) is 6.82 Å². The minimum absolute atomic E-state index is 1.13. The lowest BCUT2D eigenvalue weighted by molar-refractivity contribution is 0.184. The van der Waals surface area contributed by atoms with E-state index in [4.69, 9.17) is 0 Å². The molecule has 0 aromatic carbocycles. The molecule has 0 aliphatic heterocycles. The molecule has 4 unspecified atom stereocenters. The molecule has 3 aliphatic rings. The van der Waals surface area contributed by atoms with Gasteiger partial charge in [0, 0.05) is 0 Å². The van der Waals surface area contributed by atoms with E-state index in [1.807, 2.05) is 0 Å². The maximum absolute atomic E-state index is 2.45. The smallest absolute Gasteiger partial charge is 0.0891 e. The normalized spacial score (nSPS) is 49.5. The zero-order valence-electron chi connectivity index (χ0n) is 10.3. The summed E-state index contributed by atoms with van der Waals surface area (Å²) in [6.45, 7) is 2.45. The van der Waals surface area contributed by atoms with Gasteiger partial charge in [0.25, 0.3) is 0 Å². The second-order valence-electron chi connectivity index (χ2n) is 6.30. The van der Waals surface area contributed by atoms with Gasteiger partial charge in [-0.05, 0) is 36.5 Å². The van der Waals surface area contributed by atoms with Crippen LogP contribution in [0.2, 0.25) is 12.6 Å². The zero-order chi connectivity index (χ0) is 10.3. The van der Waals surface area contributed by atoms with Crippen LogP contribution in [0, 0.1) is 23.7 Å². The van der Waals surface area contributed by atoms with E-state index in [9.17, 15) is 0 Å². The highest BCUT2D eigenvalue weighted by atomic mass is 14.5. The Morgan fingerprint density at radius 3 is 1.47 bits per heavy atom. The van der Waals surface area contributed by atoms with Crippen molar-refractivity contribution in [2.45, 2.75) is 64.0 Å². The standard InChI is InChI=1S/C14H25B/c1-15-14-12-8-4-2-6-10(12)11-7-3-5-9-13(11)14/h10-15H,2-9H2,1H3. The molecule has 3 saturated carbocycles. The van der Waals surface area contributed by atoms with Crippen LogP contribution in [0.15, 0.2) is 0 Å². The van der Waals surface area contributed by atoms with Crippen molar-refractivity contribution in [3.05, 3.63) is 0 Å². The Morgan fingerprint density at radius 2 is 1.07 bits per heavy atom. The van der Waals surface area contributed by atoms with E-state index >= 15 is 0 Å². The highest BCUT2D eigenvalue weighted by molar-refractivity contribution is 6.36. The molecule has 0 bridgehead atoms. The lowest BCUT2D eigenvalue weighted by Gasteiger charge is -2.32. The first-order valence-corrected chi connectivity index (χ1v) is 7.42. The molecule has 1 heteroatoms. The van der Waals surface area contributed by atoms with Gasteiger partial charge in [0.1, 0.15) is 7.28 Å². The fourth-order valence-corrected chi connectivity index (χ4v) is 5.43. The Hall–Kier alpha value is 0.0649. The van der Waals surface area contributed by atoms with Crippen molar-refractivity contribution in [3.8, 4) is 0 Å². The van der Waals surface area contributed by atoms with Crippen LogP contribution in [0.5, 0.6) is 0 Å². The predicted octanol–water partition coefficient (Wildman–Crippen LogP) is 3.89. The summed E-state index contributed by atoms with van der Waals surface area (Å²) in [5, 5.41) is 0. The number of hydrogen-bond acceptors (Lipinski definition) is 0. The second kappa shape index (κ2) is 4.15. The van der Waals surface area contributed by atoms with Gasteiger partial charge in [0.15, 0.2) is 0 Å². The highest BCUT2D eigenvalue weighted by Gasteiger charge is 2.49. The average Bonchev–Trinajstić information content (AvgIpc) is 2.63. The molecule has 4 atom stereocenters. The van der Waals surface area contributed by atoms with E-state index in [1.165, 1.54) is 20.1 Å². The summed E-state index contributed by atoms with van der Waals surface area (Å²) < 4.78 is 0. The number of fused-ring (bicyclic) bond motifs is 3. The summed E-state index contributed by atoms with van der Waals surface area (Å²) in [7, 11) is 1.47. The van der Waals surface area contributed by atoms with Gasteiger partial charge < -0.3 is 0 Å². The van der Waals surface area contributed by atoms with Gasteiger partial charge in [-0.2, -0.15) is 0 Å². The molecule has 3 aliphatic carbocycles. The highest BCUT2D eigenvalue weighted by Crippen LogP contribution is 2.59. The number of rotatable bonds is 1. The van der Waals surface area contributed by atoms with E-state index in [0.717, 1.165) is 29.5 Å². The fraction of sp³-hybridized carbons (Fsp3) is 1.00. The van der Waals surface area contributed by atoms with E-state index in [0.29, 0.717) is 0 Å². The Balaban J connectivity index is 1.83. The zero-order valence-corrected chi connectivity index (χ0v) is 10.3. The van der Waals surface area contributed by atoms with Crippen LogP contribution in [0.3, 0.4) is 0 Å². The van der Waals surface area contributed by atoms with Crippen molar-refractivity contribution in [2.75, 3.05) is 0 Å². The molecule has 0 saturated heterocycles. The third-order valence-electron chi connectivity index (χ3n) is 5.87. The van der Waals surface area contributed by atoms with Gasteiger partial charge in [-0.15, -0.1) is 0 Å². The summed E-state index contributed by atoms with van der Waals surface area (Å²) in [5.41, 5.74) is 0. The van der Waals surface area contributed by atoms with Crippen molar-refractivity contribution in [3.63, 3.8) is 0 Å². The SMILES string of the molecule is CBC1C2CCCCC2C2CCCCC12. The van der Waals surface area contributed by atoms with E-state index in [-0.39, 0.29) is 0 Å². The second-order valence-corrected chi connectivity index (χ2v) is 6.30. The van der Waals surface area contributed by atoms with Gasteiger partial charge >= 0.3 is 0 Å². The van der Waals surface area contributed by atoms with Gasteiger partial charge in [-0.25, -0.2) is 0 Å². The Kier molecular flexibility index (Phi) is 2.83. The van der Waals surface area contributed by atoms with Crippen molar-refractivity contribution in [2.24, 2.45) is 23.7 Å². The minimum Gasteiger partial charge on any atom is -0.0891 e. The molecule has 0 aromatic heterocycles. The maximum atomic E-state index is 2.45. The van der Waals surface area contributed by atoms with Crippen LogP contribution in [0.25, 0.3) is 0 Å². The lowest BCUT2D eigenvalue weighted by Crippen LogP contribution is -2.22. The molecule has 0 N–H and O–H groups in total. The molecule has 84 valence electrons. The summed E-state index contributed by atoms with van der Waals surface area (Å²) in [6, 6.07) is 0. The molecule has 0 radical (unpaired) electrons. The lowest BCUT2D eigenvalue weighted by atomic mass is 9.56. The molecule has 0 spiro atoms. The van der Waals surface area contributed by atoms with Crippen LogP contribution in [0.1, 0.15) is 51.4 Å². The van der Waals surface area contributed by atoms with Crippen LogP contribution in [-0.2, 0) is 0 Å². The molecular weight excluding hydrogens is 179 g/mol. The average molecular weight is 204 g/mol. The van der Waals surface area contributed by atoms with Crippen molar-refractivity contribution in [1.29, 1.82) is 0 Å². The fourth-order valence-electron chi connectivity index (χ4n) is 5.43. The Morgan fingerprint density at radius 1 is 0.667 bits per heavy atom. The minimum atomic E-state index is 1.13. The van der Waals surface area contributed by atoms with Gasteiger partial charge in [0.05, 0.1) is 0 Å². The van der Waals surface area contributed by atoms with Crippen LogP contribution < -0.4 is 0 Å². The van der Waals surface area contributed by atoms with E-state index < -0.39 is 0 Å². The summed E-state index contributed by atoms with van der Waals surface area (Å²) in [4.78, 5) is 0. The van der Waals surface area contributed by atoms with Crippen molar-refractivity contribution in [1.82, 2.24) is 0 Å². The monoisotopic (exact) mass is 204 g/mol. The third-order valence-corrected chi connectivity index (χ3v) is 5.87. The molecule has 3 fully saturated rings. The Bertz CT molecular complexity index is 172. The first-order chi connectivity index (χ1) is 7.42. The summed E-state index contributed by atoms with van der Waals surface area (Å²) >= 11 is 0. The molecule has 0 amide bonds. The molecule has 3 rings (SSSR count). The largest absolute Gasteiger partial charge is 0.121 e. The van der Waals surface area contributed by atoms with Crippen molar-refractivity contribution >= 4 is 7.28 Å². The molecule has 0 nitrogen and oxygen atoms in total. The Labute approximate surface area is 95.5 Å². The first-order valence-electron chi connectivity index (χ1n) is 7.42. The van der Waals surface area contributed by atoms with Gasteiger partial charge in [-0.3, -0.25) is 0 Å². The first kappa shape index (κ1) is 10.2. The van der Waals surface area contributed by atoms with Gasteiger partial charge in [0.2, 0.25) is 0 Å². The summed E-state index contributed by atoms with van der Waals surface area (Å²) in [6.07, 6.45) is 12.5. The van der Waals surface area contributed by atoms with Crippen LogP contribution >= 0.6 is 0 Å².